The van der Waals surface area contributed by atoms with Gasteiger partial charge in [-0.15, -0.1) is 0 Å². The van der Waals surface area contributed by atoms with Crippen molar-refractivity contribution >= 4 is 5.91 Å². The number of amides is 1. The van der Waals surface area contributed by atoms with Gasteiger partial charge in [0.05, 0.1) is 6.10 Å². The lowest BCUT2D eigenvalue weighted by Crippen LogP contribution is -2.42. The minimum absolute atomic E-state index is 0.00597. The molecule has 1 aliphatic heterocycles. The lowest BCUT2D eigenvalue weighted by atomic mass is 10.1. The molecule has 0 spiro atoms. The molecule has 5 rings (SSSR count). The minimum atomic E-state index is -0.428. The maximum absolute atomic E-state index is 13.2. The van der Waals surface area contributed by atoms with Gasteiger partial charge in [-0.1, -0.05) is 0 Å². The maximum Gasteiger partial charge on any atom is 0.270 e. The van der Waals surface area contributed by atoms with Crippen molar-refractivity contribution in [3.8, 4) is 22.5 Å². The molecule has 1 aliphatic carbocycles. The topological polar surface area (TPSA) is 84.1 Å². The van der Waals surface area contributed by atoms with Crippen molar-refractivity contribution in [2.75, 3.05) is 13.1 Å². The smallest absolute Gasteiger partial charge is 0.270 e. The third kappa shape index (κ3) is 3.98. The highest BCUT2D eigenvalue weighted by Crippen LogP contribution is 2.33. The molecule has 1 saturated carbocycles. The molecule has 7 heteroatoms. The fraction of sp³-hybridized carbons (Fsp3) is 0.391. The second-order valence-electron chi connectivity index (χ2n) is 8.29. The Morgan fingerprint density at radius 1 is 1.10 bits per heavy atom. The Hall–Kier alpha value is -3.06. The van der Waals surface area contributed by atoms with E-state index in [1.807, 2.05) is 24.4 Å². The molecule has 0 bridgehead atoms. The van der Waals surface area contributed by atoms with E-state index in [0.717, 1.165) is 36.1 Å². The maximum atomic E-state index is 13.2. The van der Waals surface area contributed by atoms with E-state index in [2.05, 4.69) is 19.5 Å². The number of pyridine rings is 1. The molecule has 1 saturated heterocycles. The third-order valence-corrected chi connectivity index (χ3v) is 5.86. The van der Waals surface area contributed by atoms with Crippen LogP contribution in [0.3, 0.4) is 0 Å². The summed E-state index contributed by atoms with van der Waals surface area (Å²) in [6, 6.07) is 5.73. The van der Waals surface area contributed by atoms with Crippen molar-refractivity contribution in [3.05, 3.63) is 54.9 Å². The molecule has 3 aromatic heterocycles. The van der Waals surface area contributed by atoms with Crippen molar-refractivity contribution < 1.29 is 9.90 Å². The summed E-state index contributed by atoms with van der Waals surface area (Å²) in [5, 5.41) is 9.98. The van der Waals surface area contributed by atoms with Gasteiger partial charge in [0.1, 0.15) is 5.69 Å². The number of nitrogens with zero attached hydrogens (tertiary/aromatic N) is 5. The second kappa shape index (κ2) is 7.99. The van der Waals surface area contributed by atoms with E-state index in [9.17, 15) is 9.90 Å². The number of carbonyl (C=O) groups excluding carboxylic acids is 1. The van der Waals surface area contributed by atoms with Crippen LogP contribution >= 0.6 is 0 Å². The van der Waals surface area contributed by atoms with E-state index in [1.165, 1.54) is 12.8 Å². The van der Waals surface area contributed by atoms with Gasteiger partial charge in [0.2, 0.25) is 0 Å². The number of rotatable bonds is 5. The van der Waals surface area contributed by atoms with Crippen LogP contribution in [0, 0.1) is 5.92 Å². The molecule has 3 aromatic rings. The molecule has 2 fully saturated rings. The van der Waals surface area contributed by atoms with Gasteiger partial charge < -0.3 is 14.6 Å². The lowest BCUT2D eigenvalue weighted by molar-refractivity contribution is 0.0464. The molecular weight excluding hydrogens is 378 g/mol. The summed E-state index contributed by atoms with van der Waals surface area (Å²) in [5.74, 6) is 1.27. The minimum Gasteiger partial charge on any atom is -0.391 e. The van der Waals surface area contributed by atoms with Gasteiger partial charge in [0, 0.05) is 67.3 Å². The average Bonchev–Trinajstić information content (AvgIpc) is 3.51. The van der Waals surface area contributed by atoms with Gasteiger partial charge in [-0.3, -0.25) is 9.78 Å². The van der Waals surface area contributed by atoms with E-state index in [-0.39, 0.29) is 5.91 Å². The average molecular weight is 403 g/mol. The largest absolute Gasteiger partial charge is 0.391 e. The number of hydrogen-bond donors (Lipinski definition) is 1. The Labute approximate surface area is 175 Å². The van der Waals surface area contributed by atoms with Gasteiger partial charge in [-0.05, 0) is 49.8 Å². The lowest BCUT2D eigenvalue weighted by Gasteiger charge is -2.30. The quantitative estimate of drug-likeness (QED) is 0.708. The number of β-amino-alcohol motifs (C(OH)–C–C–N with tert-alkyl or cyclic N) is 1. The molecular formula is C23H25N5O2. The predicted octanol–water partition coefficient (Wildman–Crippen LogP) is 3.01. The number of aliphatic hydroxyl groups excluding tert-OH is 1. The molecule has 154 valence electrons. The standard InChI is InChI=1S/C23H25N5O2/c29-20-4-2-8-27(15-20)23(30)21-9-18(14-28(21)13-16-5-6-16)19-11-25-22(26-12-19)17-3-1-7-24-10-17/h1,3,7,9-12,14,16,20,29H,2,4-6,8,13,15H2/t20-/m1/s1. The van der Waals surface area contributed by atoms with Crippen LogP contribution in [-0.2, 0) is 6.54 Å². The summed E-state index contributed by atoms with van der Waals surface area (Å²) in [6.45, 7) is 1.96. The molecule has 1 atom stereocenters. The summed E-state index contributed by atoms with van der Waals surface area (Å²) in [4.78, 5) is 28.1. The van der Waals surface area contributed by atoms with E-state index in [4.69, 9.17) is 0 Å². The molecule has 0 unspecified atom stereocenters. The highest BCUT2D eigenvalue weighted by molar-refractivity contribution is 5.94. The Kier molecular flexibility index (Phi) is 5.04. The molecule has 1 N–H and O–H groups in total. The van der Waals surface area contributed by atoms with Crippen molar-refractivity contribution in [1.82, 2.24) is 24.4 Å². The van der Waals surface area contributed by atoms with Gasteiger partial charge in [-0.25, -0.2) is 9.97 Å². The van der Waals surface area contributed by atoms with E-state index >= 15 is 0 Å². The SMILES string of the molecule is O=C(c1cc(-c2cnc(-c3cccnc3)nc2)cn1CC1CC1)N1CCC[C@@H](O)C1. The Bertz CT molecular complexity index is 1030. The Morgan fingerprint density at radius 3 is 2.63 bits per heavy atom. The van der Waals surface area contributed by atoms with Crippen molar-refractivity contribution in [2.24, 2.45) is 5.92 Å². The zero-order valence-corrected chi connectivity index (χ0v) is 16.8. The van der Waals surface area contributed by atoms with Crippen LogP contribution < -0.4 is 0 Å². The molecule has 2 aliphatic rings. The van der Waals surface area contributed by atoms with E-state index in [0.29, 0.717) is 30.5 Å². The van der Waals surface area contributed by atoms with Gasteiger partial charge in [0.25, 0.3) is 5.91 Å². The molecule has 30 heavy (non-hydrogen) atoms. The normalized spacial score (nSPS) is 19.1. The predicted molar refractivity (Wildman–Crippen MR) is 113 cm³/mol. The Morgan fingerprint density at radius 2 is 1.93 bits per heavy atom. The zero-order chi connectivity index (χ0) is 20.5. The van der Waals surface area contributed by atoms with Crippen LogP contribution in [0.5, 0.6) is 0 Å². The van der Waals surface area contributed by atoms with E-state index in [1.54, 1.807) is 29.7 Å². The summed E-state index contributed by atoms with van der Waals surface area (Å²) in [5.41, 5.74) is 3.37. The fourth-order valence-corrected chi connectivity index (χ4v) is 4.00. The number of hydrogen-bond acceptors (Lipinski definition) is 5. The van der Waals surface area contributed by atoms with Gasteiger partial charge in [0.15, 0.2) is 5.82 Å². The molecule has 7 nitrogen and oxygen atoms in total. The summed E-state index contributed by atoms with van der Waals surface area (Å²) >= 11 is 0. The van der Waals surface area contributed by atoms with Crippen molar-refractivity contribution in [1.29, 1.82) is 0 Å². The number of aromatic nitrogens is 4. The molecule has 1 amide bonds. The van der Waals surface area contributed by atoms with Crippen LogP contribution in [0.25, 0.3) is 22.5 Å². The van der Waals surface area contributed by atoms with Gasteiger partial charge >= 0.3 is 0 Å². The van der Waals surface area contributed by atoms with Crippen molar-refractivity contribution in [2.45, 2.75) is 38.3 Å². The summed E-state index contributed by atoms with van der Waals surface area (Å²) < 4.78 is 2.07. The van der Waals surface area contributed by atoms with Crippen molar-refractivity contribution in [3.63, 3.8) is 0 Å². The first-order chi connectivity index (χ1) is 14.7. The number of aliphatic hydroxyl groups is 1. The second-order valence-corrected chi connectivity index (χ2v) is 8.29. The highest BCUT2D eigenvalue weighted by Gasteiger charge is 2.28. The highest BCUT2D eigenvalue weighted by atomic mass is 16.3. The number of likely N-dealkylation sites (tertiary alicyclic amines) is 1. The zero-order valence-electron chi connectivity index (χ0n) is 16.8. The number of carbonyl (C=O) groups is 1. The third-order valence-electron chi connectivity index (χ3n) is 5.86. The number of piperidine rings is 1. The first kappa shape index (κ1) is 18.9. The van der Waals surface area contributed by atoms with Crippen LogP contribution in [0.15, 0.2) is 49.2 Å². The molecule has 0 aromatic carbocycles. The fourth-order valence-electron chi connectivity index (χ4n) is 4.00. The van der Waals surface area contributed by atoms with Crippen LogP contribution in [0.4, 0.5) is 0 Å². The van der Waals surface area contributed by atoms with Crippen LogP contribution in [0.2, 0.25) is 0 Å². The monoisotopic (exact) mass is 403 g/mol. The van der Waals surface area contributed by atoms with Crippen LogP contribution in [-0.4, -0.2) is 54.6 Å². The first-order valence-electron chi connectivity index (χ1n) is 10.6. The Balaban J connectivity index is 1.43. The first-order valence-corrected chi connectivity index (χ1v) is 10.6. The van der Waals surface area contributed by atoms with E-state index < -0.39 is 6.10 Å². The summed E-state index contributed by atoms with van der Waals surface area (Å²) in [6.07, 6.45) is 12.7. The van der Waals surface area contributed by atoms with Gasteiger partial charge in [-0.2, -0.15) is 0 Å². The summed E-state index contributed by atoms with van der Waals surface area (Å²) in [7, 11) is 0. The molecule has 0 radical (unpaired) electrons. The molecule has 4 heterocycles. The van der Waals surface area contributed by atoms with Crippen LogP contribution in [0.1, 0.15) is 36.2 Å².